The average Bonchev–Trinajstić information content (AvgIpc) is 2.88. The normalized spacial score (nSPS) is 11.0. The van der Waals surface area contributed by atoms with Crippen molar-refractivity contribution in [3.8, 4) is 0 Å². The van der Waals surface area contributed by atoms with Gasteiger partial charge in [0.25, 0.3) is 0 Å². The summed E-state index contributed by atoms with van der Waals surface area (Å²) in [5, 5.41) is 1.48. The SMILES string of the molecule is O=C(CSc1cccc(Br)c1)c1cc2cc(Cl)ccc2o1. The molecule has 0 atom stereocenters. The quantitative estimate of drug-likeness (QED) is 0.421. The van der Waals surface area contributed by atoms with E-state index in [0.29, 0.717) is 22.1 Å². The number of fused-ring (bicyclic) bond motifs is 1. The molecule has 0 fully saturated rings. The molecule has 0 aliphatic rings. The van der Waals surface area contributed by atoms with Gasteiger partial charge in [-0.3, -0.25) is 4.79 Å². The molecule has 3 aromatic rings. The smallest absolute Gasteiger partial charge is 0.208 e. The zero-order valence-corrected chi connectivity index (χ0v) is 14.0. The van der Waals surface area contributed by atoms with E-state index in [1.54, 1.807) is 24.3 Å². The van der Waals surface area contributed by atoms with Gasteiger partial charge in [-0.05, 0) is 42.5 Å². The highest BCUT2D eigenvalue weighted by atomic mass is 79.9. The van der Waals surface area contributed by atoms with Crippen LogP contribution in [0.3, 0.4) is 0 Å². The van der Waals surface area contributed by atoms with Crippen LogP contribution in [-0.2, 0) is 0 Å². The highest BCUT2D eigenvalue weighted by molar-refractivity contribution is 9.10. The molecule has 0 saturated carbocycles. The van der Waals surface area contributed by atoms with Gasteiger partial charge in [-0.15, -0.1) is 11.8 Å². The highest BCUT2D eigenvalue weighted by Crippen LogP contribution is 2.26. The van der Waals surface area contributed by atoms with E-state index in [4.69, 9.17) is 16.0 Å². The molecule has 0 radical (unpaired) electrons. The number of benzene rings is 2. The molecule has 3 rings (SSSR count). The van der Waals surface area contributed by atoms with E-state index in [0.717, 1.165) is 14.8 Å². The second kappa shape index (κ2) is 6.26. The lowest BCUT2D eigenvalue weighted by Crippen LogP contribution is -2.00. The van der Waals surface area contributed by atoms with Crippen LogP contribution in [0.2, 0.25) is 5.02 Å². The number of thioether (sulfide) groups is 1. The van der Waals surface area contributed by atoms with Crippen molar-refractivity contribution >= 4 is 56.0 Å². The Hall–Kier alpha value is -1.23. The van der Waals surface area contributed by atoms with Crippen molar-refractivity contribution < 1.29 is 9.21 Å². The lowest BCUT2D eigenvalue weighted by Gasteiger charge is -2.00. The van der Waals surface area contributed by atoms with Crippen molar-refractivity contribution in [3.05, 3.63) is 63.8 Å². The predicted octanol–water partition coefficient (Wildman–Crippen LogP) is 5.82. The molecule has 2 nitrogen and oxygen atoms in total. The van der Waals surface area contributed by atoms with E-state index in [-0.39, 0.29) is 5.78 Å². The number of carbonyl (C=O) groups is 1. The standard InChI is InChI=1S/C16H10BrClO2S/c17-11-2-1-3-13(8-11)21-9-14(19)16-7-10-6-12(18)4-5-15(10)20-16/h1-8H,9H2. The van der Waals surface area contributed by atoms with Gasteiger partial charge in [-0.25, -0.2) is 0 Å². The molecule has 21 heavy (non-hydrogen) atoms. The number of furan rings is 1. The second-order valence-corrected chi connectivity index (χ2v) is 6.86. The van der Waals surface area contributed by atoms with E-state index in [1.165, 1.54) is 11.8 Å². The topological polar surface area (TPSA) is 30.2 Å². The van der Waals surface area contributed by atoms with E-state index in [2.05, 4.69) is 15.9 Å². The molecule has 0 N–H and O–H groups in total. The van der Waals surface area contributed by atoms with Crippen LogP contribution in [0.15, 0.2) is 62.3 Å². The summed E-state index contributed by atoms with van der Waals surface area (Å²) in [6, 6.07) is 14.9. The molecule has 5 heteroatoms. The van der Waals surface area contributed by atoms with Crippen LogP contribution in [0.4, 0.5) is 0 Å². The molecule has 0 amide bonds. The van der Waals surface area contributed by atoms with Gasteiger partial charge in [0.1, 0.15) is 5.58 Å². The second-order valence-electron chi connectivity index (χ2n) is 4.46. The summed E-state index contributed by atoms with van der Waals surface area (Å²) in [7, 11) is 0. The lowest BCUT2D eigenvalue weighted by molar-refractivity contribution is 0.0994. The molecular formula is C16H10BrClO2S. The van der Waals surface area contributed by atoms with E-state index >= 15 is 0 Å². The first kappa shape index (κ1) is 14.7. The molecule has 1 aromatic heterocycles. The Morgan fingerprint density at radius 3 is 2.86 bits per heavy atom. The fraction of sp³-hybridized carbons (Fsp3) is 0.0625. The zero-order chi connectivity index (χ0) is 14.8. The molecule has 1 heterocycles. The zero-order valence-electron chi connectivity index (χ0n) is 10.8. The van der Waals surface area contributed by atoms with Crippen LogP contribution >= 0.6 is 39.3 Å². The largest absolute Gasteiger partial charge is 0.453 e. The van der Waals surface area contributed by atoms with Crippen LogP contribution in [-0.4, -0.2) is 11.5 Å². The Morgan fingerprint density at radius 2 is 2.05 bits per heavy atom. The summed E-state index contributed by atoms with van der Waals surface area (Å²) >= 11 is 10.8. The molecule has 2 aromatic carbocycles. The minimum Gasteiger partial charge on any atom is -0.453 e. The van der Waals surface area contributed by atoms with Gasteiger partial charge in [0, 0.05) is 19.8 Å². The molecule has 0 saturated heterocycles. The average molecular weight is 382 g/mol. The third kappa shape index (κ3) is 3.51. The molecule has 0 bridgehead atoms. The Kier molecular flexibility index (Phi) is 4.38. The Balaban J connectivity index is 1.74. The number of hydrogen-bond donors (Lipinski definition) is 0. The van der Waals surface area contributed by atoms with E-state index in [1.807, 2.05) is 24.3 Å². The first-order valence-electron chi connectivity index (χ1n) is 6.22. The third-order valence-corrected chi connectivity index (χ3v) is 4.64. The van der Waals surface area contributed by atoms with Crippen LogP contribution in [0.1, 0.15) is 10.6 Å². The van der Waals surface area contributed by atoms with Crippen LogP contribution < -0.4 is 0 Å². The number of rotatable bonds is 4. The van der Waals surface area contributed by atoms with Crippen molar-refractivity contribution in [2.24, 2.45) is 0 Å². The maximum absolute atomic E-state index is 12.2. The van der Waals surface area contributed by atoms with Gasteiger partial charge in [0.15, 0.2) is 5.76 Å². The van der Waals surface area contributed by atoms with Crippen LogP contribution in [0.25, 0.3) is 11.0 Å². The van der Waals surface area contributed by atoms with Crippen molar-refractivity contribution in [1.29, 1.82) is 0 Å². The summed E-state index contributed by atoms with van der Waals surface area (Å²) in [6.07, 6.45) is 0. The van der Waals surface area contributed by atoms with Gasteiger partial charge in [0.2, 0.25) is 5.78 Å². The monoisotopic (exact) mass is 380 g/mol. The van der Waals surface area contributed by atoms with E-state index < -0.39 is 0 Å². The number of carbonyl (C=O) groups excluding carboxylic acids is 1. The Labute approximate surface area is 139 Å². The molecule has 0 aliphatic carbocycles. The number of hydrogen-bond acceptors (Lipinski definition) is 3. The van der Waals surface area contributed by atoms with Crippen LogP contribution in [0, 0.1) is 0 Å². The minimum atomic E-state index is -0.0349. The minimum absolute atomic E-state index is 0.0349. The summed E-state index contributed by atoms with van der Waals surface area (Å²) in [4.78, 5) is 13.2. The van der Waals surface area contributed by atoms with Crippen molar-refractivity contribution in [3.63, 3.8) is 0 Å². The molecular weight excluding hydrogens is 372 g/mol. The summed E-state index contributed by atoms with van der Waals surface area (Å²) in [6.45, 7) is 0. The van der Waals surface area contributed by atoms with Crippen molar-refractivity contribution in [1.82, 2.24) is 0 Å². The summed E-state index contributed by atoms with van der Waals surface area (Å²) in [5.41, 5.74) is 0.676. The van der Waals surface area contributed by atoms with Gasteiger partial charge in [-0.2, -0.15) is 0 Å². The number of halogens is 2. The van der Waals surface area contributed by atoms with Gasteiger partial charge in [-0.1, -0.05) is 33.6 Å². The maximum Gasteiger partial charge on any atom is 0.208 e. The highest BCUT2D eigenvalue weighted by Gasteiger charge is 2.13. The number of ketones is 1. The third-order valence-electron chi connectivity index (χ3n) is 2.92. The summed E-state index contributed by atoms with van der Waals surface area (Å²) in [5.74, 6) is 0.673. The van der Waals surface area contributed by atoms with Gasteiger partial charge in [0.05, 0.1) is 5.75 Å². The first-order chi connectivity index (χ1) is 10.1. The maximum atomic E-state index is 12.2. The Bertz CT molecular complexity index is 813. The molecule has 106 valence electrons. The Morgan fingerprint density at radius 1 is 1.19 bits per heavy atom. The first-order valence-corrected chi connectivity index (χ1v) is 8.38. The van der Waals surface area contributed by atoms with Gasteiger partial charge >= 0.3 is 0 Å². The number of Topliss-reactive ketones (excluding diaryl/α,β-unsaturated/α-hetero) is 1. The fourth-order valence-electron chi connectivity index (χ4n) is 1.93. The molecule has 0 unspecified atom stereocenters. The van der Waals surface area contributed by atoms with Crippen molar-refractivity contribution in [2.45, 2.75) is 4.90 Å². The van der Waals surface area contributed by atoms with E-state index in [9.17, 15) is 4.79 Å². The lowest BCUT2D eigenvalue weighted by atomic mass is 10.2. The van der Waals surface area contributed by atoms with Crippen molar-refractivity contribution in [2.75, 3.05) is 5.75 Å². The van der Waals surface area contributed by atoms with Crippen LogP contribution in [0.5, 0.6) is 0 Å². The molecule has 0 aliphatic heterocycles. The predicted molar refractivity (Wildman–Crippen MR) is 90.4 cm³/mol. The summed E-state index contributed by atoms with van der Waals surface area (Å²) < 4.78 is 6.56. The molecule has 0 spiro atoms. The fourth-order valence-corrected chi connectivity index (χ4v) is 3.48. The van der Waals surface area contributed by atoms with Gasteiger partial charge < -0.3 is 4.42 Å².